The topological polar surface area (TPSA) is 63.7 Å². The van der Waals surface area contributed by atoms with E-state index in [4.69, 9.17) is 10.00 Å². The summed E-state index contributed by atoms with van der Waals surface area (Å²) < 4.78 is 7.06. The SMILES string of the molecule is COc1c(C)cnc(Cn2cc(C#N)cn2)c1C. The van der Waals surface area contributed by atoms with Crippen molar-refractivity contribution in [2.45, 2.75) is 20.4 Å². The summed E-state index contributed by atoms with van der Waals surface area (Å²) in [5.41, 5.74) is 3.46. The molecule has 5 heteroatoms. The number of methoxy groups -OCH3 is 1. The minimum Gasteiger partial charge on any atom is -0.496 e. The molecule has 0 radical (unpaired) electrons. The van der Waals surface area contributed by atoms with Crippen LogP contribution in [0.1, 0.15) is 22.4 Å². The molecule has 0 spiro atoms. The molecule has 0 unspecified atom stereocenters. The fraction of sp³-hybridized carbons (Fsp3) is 0.308. The van der Waals surface area contributed by atoms with E-state index in [0.29, 0.717) is 12.1 Å². The molecular formula is C13H14N4O. The monoisotopic (exact) mass is 242 g/mol. The van der Waals surface area contributed by atoms with Gasteiger partial charge in [-0.15, -0.1) is 0 Å². The van der Waals surface area contributed by atoms with Gasteiger partial charge in [0.05, 0.1) is 31.1 Å². The molecule has 0 bridgehead atoms. The predicted octanol–water partition coefficient (Wildman–Crippen LogP) is 1.82. The Kier molecular flexibility index (Phi) is 3.28. The summed E-state index contributed by atoms with van der Waals surface area (Å²) in [6.07, 6.45) is 5.03. The molecule has 5 nitrogen and oxygen atoms in total. The van der Waals surface area contributed by atoms with Crippen molar-refractivity contribution in [2.75, 3.05) is 7.11 Å². The number of rotatable bonds is 3. The maximum Gasteiger partial charge on any atom is 0.128 e. The smallest absolute Gasteiger partial charge is 0.128 e. The molecule has 0 aliphatic heterocycles. The fourth-order valence-corrected chi connectivity index (χ4v) is 1.89. The lowest BCUT2D eigenvalue weighted by molar-refractivity contribution is 0.406. The van der Waals surface area contributed by atoms with E-state index in [2.05, 4.69) is 16.2 Å². The summed E-state index contributed by atoms with van der Waals surface area (Å²) >= 11 is 0. The van der Waals surface area contributed by atoms with Gasteiger partial charge in [-0.1, -0.05) is 0 Å². The van der Waals surface area contributed by atoms with E-state index in [-0.39, 0.29) is 0 Å². The molecule has 0 saturated heterocycles. The Balaban J connectivity index is 2.32. The van der Waals surface area contributed by atoms with Gasteiger partial charge in [-0.3, -0.25) is 9.67 Å². The molecule has 0 aliphatic carbocycles. The molecule has 2 aromatic rings. The van der Waals surface area contributed by atoms with Crippen molar-refractivity contribution in [3.05, 3.63) is 41.0 Å². The lowest BCUT2D eigenvalue weighted by Gasteiger charge is -2.12. The Bertz CT molecular complexity index is 610. The van der Waals surface area contributed by atoms with Crippen molar-refractivity contribution in [2.24, 2.45) is 0 Å². The summed E-state index contributed by atoms with van der Waals surface area (Å²) in [4.78, 5) is 4.39. The summed E-state index contributed by atoms with van der Waals surface area (Å²) in [6, 6.07) is 2.05. The number of aryl methyl sites for hydroxylation is 1. The van der Waals surface area contributed by atoms with E-state index in [1.807, 2.05) is 13.8 Å². The maximum atomic E-state index is 8.75. The van der Waals surface area contributed by atoms with Gasteiger partial charge in [0.15, 0.2) is 0 Å². The fourth-order valence-electron chi connectivity index (χ4n) is 1.89. The zero-order valence-electron chi connectivity index (χ0n) is 10.6. The summed E-state index contributed by atoms with van der Waals surface area (Å²) in [5.74, 6) is 0.854. The van der Waals surface area contributed by atoms with E-state index in [9.17, 15) is 0 Å². The summed E-state index contributed by atoms with van der Waals surface area (Å²) in [5, 5.41) is 12.9. The minimum absolute atomic E-state index is 0.532. The van der Waals surface area contributed by atoms with Crippen LogP contribution in [0.25, 0.3) is 0 Å². The second-order valence-corrected chi connectivity index (χ2v) is 4.08. The van der Waals surface area contributed by atoms with Crippen molar-refractivity contribution in [3.8, 4) is 11.8 Å². The molecule has 0 amide bonds. The number of nitrogens with zero attached hydrogens (tertiary/aromatic N) is 4. The zero-order valence-corrected chi connectivity index (χ0v) is 10.6. The summed E-state index contributed by atoms with van der Waals surface area (Å²) in [7, 11) is 1.65. The number of hydrogen-bond donors (Lipinski definition) is 0. The minimum atomic E-state index is 0.532. The van der Waals surface area contributed by atoms with Gasteiger partial charge in [-0.05, 0) is 13.8 Å². The Labute approximate surface area is 106 Å². The summed E-state index contributed by atoms with van der Waals surface area (Å²) in [6.45, 7) is 4.47. The first-order chi connectivity index (χ1) is 8.65. The first kappa shape index (κ1) is 12.1. The molecule has 0 aromatic carbocycles. The van der Waals surface area contributed by atoms with E-state index in [1.165, 1.54) is 0 Å². The normalized spacial score (nSPS) is 10.1. The molecule has 0 atom stereocenters. The molecule has 2 heterocycles. The quantitative estimate of drug-likeness (QED) is 0.823. The zero-order chi connectivity index (χ0) is 13.1. The van der Waals surface area contributed by atoms with Crippen LogP contribution in [0.2, 0.25) is 0 Å². The highest BCUT2D eigenvalue weighted by atomic mass is 16.5. The van der Waals surface area contributed by atoms with Crippen LogP contribution < -0.4 is 4.74 Å². The molecule has 0 N–H and O–H groups in total. The number of nitriles is 1. The Morgan fingerprint density at radius 2 is 2.17 bits per heavy atom. The van der Waals surface area contributed by atoms with Gasteiger partial charge in [0.25, 0.3) is 0 Å². The van der Waals surface area contributed by atoms with E-state index in [0.717, 1.165) is 22.6 Å². The lowest BCUT2D eigenvalue weighted by atomic mass is 10.1. The second kappa shape index (κ2) is 4.88. The van der Waals surface area contributed by atoms with Crippen LogP contribution in [-0.2, 0) is 6.54 Å². The van der Waals surface area contributed by atoms with Crippen molar-refractivity contribution >= 4 is 0 Å². The van der Waals surface area contributed by atoms with Crippen molar-refractivity contribution in [1.29, 1.82) is 5.26 Å². The molecule has 92 valence electrons. The van der Waals surface area contributed by atoms with Crippen molar-refractivity contribution < 1.29 is 4.74 Å². The third-order valence-corrected chi connectivity index (χ3v) is 2.82. The van der Waals surface area contributed by atoms with E-state index < -0.39 is 0 Å². The van der Waals surface area contributed by atoms with Gasteiger partial charge in [-0.2, -0.15) is 10.4 Å². The van der Waals surface area contributed by atoms with E-state index >= 15 is 0 Å². The van der Waals surface area contributed by atoms with Crippen LogP contribution in [0.15, 0.2) is 18.6 Å². The van der Waals surface area contributed by atoms with Gasteiger partial charge in [0.2, 0.25) is 0 Å². The van der Waals surface area contributed by atoms with Crippen LogP contribution in [0, 0.1) is 25.2 Å². The highest BCUT2D eigenvalue weighted by molar-refractivity contribution is 5.41. The average molecular weight is 242 g/mol. The van der Waals surface area contributed by atoms with Gasteiger partial charge in [0.1, 0.15) is 11.8 Å². The Morgan fingerprint density at radius 3 is 2.78 bits per heavy atom. The number of hydrogen-bond acceptors (Lipinski definition) is 4. The van der Waals surface area contributed by atoms with Crippen LogP contribution in [-0.4, -0.2) is 21.9 Å². The van der Waals surface area contributed by atoms with Gasteiger partial charge in [0, 0.05) is 23.5 Å². The van der Waals surface area contributed by atoms with Crippen molar-refractivity contribution in [3.63, 3.8) is 0 Å². The lowest BCUT2D eigenvalue weighted by Crippen LogP contribution is -2.06. The third kappa shape index (κ3) is 2.18. The van der Waals surface area contributed by atoms with Crippen LogP contribution >= 0.6 is 0 Å². The second-order valence-electron chi connectivity index (χ2n) is 4.08. The first-order valence-corrected chi connectivity index (χ1v) is 5.57. The first-order valence-electron chi connectivity index (χ1n) is 5.57. The van der Waals surface area contributed by atoms with E-state index in [1.54, 1.807) is 30.4 Å². The highest BCUT2D eigenvalue weighted by Crippen LogP contribution is 2.24. The Hall–Kier alpha value is -2.35. The maximum absolute atomic E-state index is 8.75. The molecule has 2 rings (SSSR count). The van der Waals surface area contributed by atoms with Gasteiger partial charge >= 0.3 is 0 Å². The molecule has 18 heavy (non-hydrogen) atoms. The van der Waals surface area contributed by atoms with Gasteiger partial charge < -0.3 is 4.74 Å². The van der Waals surface area contributed by atoms with Crippen molar-refractivity contribution in [1.82, 2.24) is 14.8 Å². The third-order valence-electron chi connectivity index (χ3n) is 2.82. The molecule has 0 aliphatic rings. The molecule has 0 fully saturated rings. The number of pyridine rings is 1. The molecule has 0 saturated carbocycles. The predicted molar refractivity (Wildman–Crippen MR) is 66.3 cm³/mol. The van der Waals surface area contributed by atoms with Crippen LogP contribution in [0.4, 0.5) is 0 Å². The van der Waals surface area contributed by atoms with Crippen LogP contribution in [0.5, 0.6) is 5.75 Å². The number of aromatic nitrogens is 3. The average Bonchev–Trinajstić information content (AvgIpc) is 2.81. The molecule has 2 aromatic heterocycles. The largest absolute Gasteiger partial charge is 0.496 e. The highest BCUT2D eigenvalue weighted by Gasteiger charge is 2.10. The number of ether oxygens (including phenoxy) is 1. The molecular weight excluding hydrogens is 228 g/mol. The van der Waals surface area contributed by atoms with Crippen LogP contribution in [0.3, 0.4) is 0 Å². The Morgan fingerprint density at radius 1 is 1.39 bits per heavy atom. The van der Waals surface area contributed by atoms with Gasteiger partial charge in [-0.25, -0.2) is 0 Å². The standard InChI is InChI=1S/C13H14N4O/c1-9-5-15-12(10(2)13(9)18-3)8-17-7-11(4-14)6-16-17/h5-7H,8H2,1-3H3.